The van der Waals surface area contributed by atoms with Crippen LogP contribution in [-0.4, -0.2) is 52.7 Å². The second-order valence-electron chi connectivity index (χ2n) is 8.16. The highest BCUT2D eigenvalue weighted by molar-refractivity contribution is 6.30. The van der Waals surface area contributed by atoms with E-state index in [1.165, 1.54) is 6.07 Å². The van der Waals surface area contributed by atoms with Crippen LogP contribution in [0.5, 0.6) is 0 Å². The van der Waals surface area contributed by atoms with E-state index in [1.54, 1.807) is 29.2 Å². The highest BCUT2D eigenvalue weighted by Crippen LogP contribution is 2.35. The van der Waals surface area contributed by atoms with Crippen LogP contribution in [-0.2, 0) is 11.3 Å². The number of rotatable bonds is 4. The Morgan fingerprint density at radius 1 is 1.24 bits per heavy atom. The second-order valence-corrected chi connectivity index (χ2v) is 8.57. The lowest BCUT2D eigenvalue weighted by Crippen LogP contribution is -2.51. The van der Waals surface area contributed by atoms with Crippen LogP contribution in [0.4, 0.5) is 8.78 Å². The fraction of sp³-hybridized carbons (Fsp3) is 0.500. The Balaban J connectivity index is 1.34. The van der Waals surface area contributed by atoms with Gasteiger partial charge in [-0.15, -0.1) is 0 Å². The number of amides is 1. The fourth-order valence-electron chi connectivity index (χ4n) is 4.73. The minimum absolute atomic E-state index is 0.00140. The quantitative estimate of drug-likeness (QED) is 0.788. The molecule has 0 spiro atoms. The van der Waals surface area contributed by atoms with Crippen LogP contribution in [0.25, 0.3) is 0 Å². The monoisotopic (exact) mass is 422 g/mol. The molecule has 3 aliphatic rings. The number of likely N-dealkylation sites (tertiary alicyclic amines) is 2. The van der Waals surface area contributed by atoms with Gasteiger partial charge in [0.15, 0.2) is 0 Å². The number of hydrogen-bond acceptors (Lipinski definition) is 3. The standard InChI is InChI=1S/C22H25ClF2N2O2/c23-18-11-14(1-6-19(18)24)12-27-10-8-21(22(27)29)26-9-7-17(20(25)13-26)15-2-4-16(28)5-3-15/h1-2,4-6,11,15,17,20-21,28H,3,7-10,12-13H2/t15?,17-,20+,21?/m0/s1. The predicted molar refractivity (Wildman–Crippen MR) is 108 cm³/mol. The molecule has 1 N–H and O–H groups in total. The van der Waals surface area contributed by atoms with E-state index >= 15 is 0 Å². The number of carbonyl (C=O) groups is 1. The van der Waals surface area contributed by atoms with E-state index < -0.39 is 12.0 Å². The van der Waals surface area contributed by atoms with Crippen LogP contribution in [0, 0.1) is 17.7 Å². The molecule has 0 saturated carbocycles. The first-order valence-corrected chi connectivity index (χ1v) is 10.5. The first-order valence-electron chi connectivity index (χ1n) is 10.1. The molecule has 7 heteroatoms. The zero-order chi connectivity index (χ0) is 20.5. The molecule has 1 amide bonds. The summed E-state index contributed by atoms with van der Waals surface area (Å²) in [4.78, 5) is 16.6. The van der Waals surface area contributed by atoms with Crippen LogP contribution in [0.3, 0.4) is 0 Å². The molecular formula is C22H25ClF2N2O2. The van der Waals surface area contributed by atoms with Crippen LogP contribution in [0.15, 0.2) is 42.2 Å². The predicted octanol–water partition coefficient (Wildman–Crippen LogP) is 4.26. The summed E-state index contributed by atoms with van der Waals surface area (Å²) in [6, 6.07) is 4.19. The first kappa shape index (κ1) is 20.4. The van der Waals surface area contributed by atoms with Crippen LogP contribution in [0.2, 0.25) is 5.02 Å². The van der Waals surface area contributed by atoms with Gasteiger partial charge >= 0.3 is 0 Å². The van der Waals surface area contributed by atoms with Crippen molar-refractivity contribution in [3.05, 3.63) is 58.6 Å². The lowest BCUT2D eigenvalue weighted by atomic mass is 9.79. The Hall–Kier alpha value is -1.92. The SMILES string of the molecule is O=C1C(N2CC[C@@H](C3C=CC(O)=CC3)[C@H](F)C2)CCN1Cc1ccc(F)c(Cl)c1. The van der Waals surface area contributed by atoms with Gasteiger partial charge in [0.05, 0.1) is 11.1 Å². The summed E-state index contributed by atoms with van der Waals surface area (Å²) in [6.07, 6.45) is 6.32. The third-order valence-electron chi connectivity index (χ3n) is 6.35. The zero-order valence-corrected chi connectivity index (χ0v) is 16.9. The lowest BCUT2D eigenvalue weighted by molar-refractivity contribution is -0.133. The molecule has 1 aliphatic carbocycles. The van der Waals surface area contributed by atoms with Gasteiger partial charge in [0, 0.05) is 19.6 Å². The Morgan fingerprint density at radius 3 is 2.76 bits per heavy atom. The molecule has 2 saturated heterocycles. The van der Waals surface area contributed by atoms with Crippen molar-refractivity contribution >= 4 is 17.5 Å². The molecule has 0 radical (unpaired) electrons. The number of alkyl halides is 1. The minimum Gasteiger partial charge on any atom is -0.508 e. The largest absolute Gasteiger partial charge is 0.508 e. The number of piperidine rings is 1. The van der Waals surface area contributed by atoms with E-state index in [2.05, 4.69) is 0 Å². The molecule has 0 bridgehead atoms. The summed E-state index contributed by atoms with van der Waals surface area (Å²) in [5.74, 6) is -0.214. The first-order chi connectivity index (χ1) is 13.9. The Bertz CT molecular complexity index is 844. The zero-order valence-electron chi connectivity index (χ0n) is 16.1. The number of aliphatic hydroxyl groups is 1. The summed E-state index contributed by atoms with van der Waals surface area (Å²) in [5, 5.41) is 9.52. The van der Waals surface area contributed by atoms with Crippen LogP contribution >= 0.6 is 11.6 Å². The van der Waals surface area contributed by atoms with Crippen molar-refractivity contribution in [2.45, 2.75) is 38.0 Å². The van der Waals surface area contributed by atoms with Gasteiger partial charge in [-0.25, -0.2) is 8.78 Å². The van der Waals surface area contributed by atoms with Crippen molar-refractivity contribution in [1.82, 2.24) is 9.80 Å². The molecule has 4 rings (SSSR count). The number of carbonyl (C=O) groups excluding carboxylic acids is 1. The van der Waals surface area contributed by atoms with Gasteiger partial charge < -0.3 is 10.0 Å². The maximum absolute atomic E-state index is 15.0. The van der Waals surface area contributed by atoms with Gasteiger partial charge in [-0.3, -0.25) is 9.69 Å². The van der Waals surface area contributed by atoms with Crippen molar-refractivity contribution < 1.29 is 18.7 Å². The van der Waals surface area contributed by atoms with Crippen molar-refractivity contribution in [1.29, 1.82) is 0 Å². The molecule has 1 aromatic carbocycles. The highest BCUT2D eigenvalue weighted by atomic mass is 35.5. The van der Waals surface area contributed by atoms with Crippen molar-refractivity contribution in [2.75, 3.05) is 19.6 Å². The molecule has 2 unspecified atom stereocenters. The summed E-state index contributed by atoms with van der Waals surface area (Å²) >= 11 is 5.84. The third-order valence-corrected chi connectivity index (χ3v) is 6.64. The lowest BCUT2D eigenvalue weighted by Gasteiger charge is -2.40. The minimum atomic E-state index is -0.996. The Labute approximate surface area is 174 Å². The van der Waals surface area contributed by atoms with Crippen molar-refractivity contribution in [2.24, 2.45) is 11.8 Å². The fourth-order valence-corrected chi connectivity index (χ4v) is 4.93. The number of aliphatic hydroxyl groups excluding tert-OH is 1. The van der Waals surface area contributed by atoms with Crippen molar-refractivity contribution in [3.8, 4) is 0 Å². The van der Waals surface area contributed by atoms with Crippen LogP contribution in [0.1, 0.15) is 24.8 Å². The average Bonchev–Trinajstić information content (AvgIpc) is 3.06. The Kier molecular flexibility index (Phi) is 5.93. The van der Waals surface area contributed by atoms with Gasteiger partial charge in [-0.05, 0) is 67.5 Å². The van der Waals surface area contributed by atoms with E-state index in [0.717, 1.165) is 5.56 Å². The van der Waals surface area contributed by atoms with Gasteiger partial charge in [0.1, 0.15) is 17.7 Å². The smallest absolute Gasteiger partial charge is 0.240 e. The second kappa shape index (κ2) is 8.44. The maximum Gasteiger partial charge on any atom is 0.240 e. The Morgan fingerprint density at radius 2 is 2.07 bits per heavy atom. The molecule has 0 aromatic heterocycles. The number of nitrogens with zero attached hydrogens (tertiary/aromatic N) is 2. The van der Waals surface area contributed by atoms with E-state index in [9.17, 15) is 18.7 Å². The number of benzene rings is 1. The van der Waals surface area contributed by atoms with E-state index in [4.69, 9.17) is 11.6 Å². The van der Waals surface area contributed by atoms with E-state index in [-0.39, 0.29) is 41.1 Å². The van der Waals surface area contributed by atoms with Crippen LogP contribution < -0.4 is 0 Å². The normalized spacial score (nSPS) is 30.7. The molecule has 4 atom stereocenters. The summed E-state index contributed by atoms with van der Waals surface area (Å²) in [5.41, 5.74) is 0.785. The van der Waals surface area contributed by atoms with E-state index in [0.29, 0.717) is 38.9 Å². The molecule has 2 heterocycles. The molecule has 2 aliphatic heterocycles. The van der Waals surface area contributed by atoms with Gasteiger partial charge in [-0.2, -0.15) is 0 Å². The summed E-state index contributed by atoms with van der Waals surface area (Å²) < 4.78 is 28.3. The van der Waals surface area contributed by atoms with Crippen molar-refractivity contribution in [3.63, 3.8) is 0 Å². The topological polar surface area (TPSA) is 43.8 Å². The molecule has 156 valence electrons. The summed E-state index contributed by atoms with van der Waals surface area (Å²) in [7, 11) is 0. The molecule has 4 nitrogen and oxygen atoms in total. The van der Waals surface area contributed by atoms with Gasteiger partial charge in [0.2, 0.25) is 5.91 Å². The molecular weight excluding hydrogens is 398 g/mol. The molecule has 2 fully saturated rings. The average molecular weight is 423 g/mol. The molecule has 29 heavy (non-hydrogen) atoms. The van der Waals surface area contributed by atoms with Gasteiger partial charge in [-0.1, -0.05) is 23.7 Å². The number of halogens is 3. The number of hydrogen-bond donors (Lipinski definition) is 1. The van der Waals surface area contributed by atoms with E-state index in [1.807, 2.05) is 11.0 Å². The summed E-state index contributed by atoms with van der Waals surface area (Å²) in [6.45, 7) is 1.94. The third kappa shape index (κ3) is 4.33. The number of allylic oxidation sites excluding steroid dienone is 3. The highest BCUT2D eigenvalue weighted by Gasteiger charge is 2.41. The maximum atomic E-state index is 15.0. The molecule has 1 aromatic rings. The van der Waals surface area contributed by atoms with Gasteiger partial charge in [0.25, 0.3) is 0 Å².